The summed E-state index contributed by atoms with van der Waals surface area (Å²) in [5, 5.41) is 0. The van der Waals surface area contributed by atoms with Crippen LogP contribution in [0, 0.1) is 0 Å². The van der Waals surface area contributed by atoms with Crippen LogP contribution in [0.3, 0.4) is 0 Å². The Morgan fingerprint density at radius 3 is 2.47 bits per heavy atom. The Bertz CT molecular complexity index is 414. The first-order valence-electron chi connectivity index (χ1n) is 4.83. The summed E-state index contributed by atoms with van der Waals surface area (Å²) in [5.74, 6) is -1.38. The van der Waals surface area contributed by atoms with Gasteiger partial charge in [0.05, 0.1) is 6.42 Å². The molecule has 0 atom stereocenters. The van der Waals surface area contributed by atoms with Crippen molar-refractivity contribution in [3.63, 3.8) is 0 Å². The van der Waals surface area contributed by atoms with Crippen LogP contribution in [0.25, 0.3) is 0 Å². The van der Waals surface area contributed by atoms with Crippen molar-refractivity contribution in [1.29, 1.82) is 0 Å². The molecule has 0 aliphatic rings. The lowest BCUT2D eigenvalue weighted by Gasteiger charge is -2.05. The molecule has 0 aliphatic carbocycles. The van der Waals surface area contributed by atoms with E-state index in [9.17, 15) is 9.59 Å². The van der Waals surface area contributed by atoms with Crippen molar-refractivity contribution in [3.8, 4) is 0 Å². The average Bonchev–Trinajstić information content (AvgIpc) is 2.36. The van der Waals surface area contributed by atoms with Crippen molar-refractivity contribution in [2.24, 2.45) is 0 Å². The number of halogens is 1. The molecule has 0 saturated carbocycles. The summed E-state index contributed by atoms with van der Waals surface area (Å²) in [6, 6.07) is 9.18. The van der Waals surface area contributed by atoms with Crippen LogP contribution < -0.4 is 0 Å². The Kier molecular flexibility index (Phi) is 5.23. The molecule has 1 aromatic rings. The maximum absolute atomic E-state index is 11.4. The third-order valence-electron chi connectivity index (χ3n) is 1.95. The highest BCUT2D eigenvalue weighted by Gasteiger charge is 2.14. The predicted octanol–water partition coefficient (Wildman–Crippen LogP) is 2.37. The molecule has 0 aromatic heterocycles. The van der Waals surface area contributed by atoms with Crippen LogP contribution in [0.2, 0.25) is 0 Å². The van der Waals surface area contributed by atoms with Gasteiger partial charge in [0.2, 0.25) is 0 Å². The lowest BCUT2D eigenvalue weighted by molar-refractivity contribution is -0.142. The molecule has 90 valence electrons. The molecule has 0 aliphatic heterocycles. The molecule has 1 aromatic carbocycles. The normalized spacial score (nSPS) is 9.47. The maximum Gasteiger partial charge on any atom is 0.334 e. The van der Waals surface area contributed by atoms with E-state index in [0.717, 1.165) is 5.56 Å². The fraction of sp³-hybridized carbons (Fsp3) is 0.167. The number of hydrogen-bond donors (Lipinski definition) is 0. The Morgan fingerprint density at radius 1 is 1.24 bits per heavy atom. The highest BCUT2D eigenvalue weighted by Crippen LogP contribution is 2.07. The Morgan fingerprint density at radius 2 is 1.88 bits per heavy atom. The van der Waals surface area contributed by atoms with Gasteiger partial charge in [-0.15, -0.1) is 0 Å². The highest BCUT2D eigenvalue weighted by molar-refractivity contribution is 6.13. The first-order valence-corrected chi connectivity index (χ1v) is 5.14. The molecule has 0 radical (unpaired) electrons. The molecule has 5 heteroatoms. The number of esters is 1. The third-order valence-corrected chi connectivity index (χ3v) is 2.12. The Labute approximate surface area is 104 Å². The Balaban J connectivity index is 2.40. The molecule has 0 heterocycles. The molecule has 0 N–H and O–H groups in total. The summed E-state index contributed by atoms with van der Waals surface area (Å²) in [7, 11) is 0. The third kappa shape index (κ3) is 4.70. The molecule has 1 rings (SSSR count). The van der Waals surface area contributed by atoms with E-state index in [1.54, 1.807) is 0 Å². The van der Waals surface area contributed by atoms with Crippen LogP contribution in [0.5, 0.6) is 0 Å². The summed E-state index contributed by atoms with van der Waals surface area (Å²) in [6.45, 7) is 3.55. The number of benzene rings is 1. The summed E-state index contributed by atoms with van der Waals surface area (Å²) < 4.78 is 8.84. The monoisotopic (exact) mass is 254 g/mol. The van der Waals surface area contributed by atoms with Gasteiger partial charge in [0.1, 0.15) is 18.5 Å². The minimum Gasteiger partial charge on any atom is -0.457 e. The van der Waals surface area contributed by atoms with Crippen LogP contribution >= 0.6 is 11.9 Å². The summed E-state index contributed by atoms with van der Waals surface area (Å²) in [4.78, 5) is 22.2. The molecule has 17 heavy (non-hydrogen) atoms. The second-order valence-corrected chi connectivity index (χ2v) is 3.45. The van der Waals surface area contributed by atoms with Gasteiger partial charge in [-0.05, 0) is 5.56 Å². The first-order chi connectivity index (χ1) is 8.13. The fourth-order valence-electron chi connectivity index (χ4n) is 1.10. The number of ether oxygens (including phenoxy) is 1. The number of carbonyl (C=O) groups is 2. The van der Waals surface area contributed by atoms with Crippen molar-refractivity contribution in [2.75, 3.05) is 0 Å². The summed E-state index contributed by atoms with van der Waals surface area (Å²) >= 11 is 4.83. The topological polar surface area (TPSA) is 52.6 Å². The molecule has 0 bridgehead atoms. The number of carbonyl (C=O) groups excluding carboxylic acids is 2. The molecule has 4 nitrogen and oxygen atoms in total. The van der Waals surface area contributed by atoms with E-state index in [0.29, 0.717) is 0 Å². The molecule has 0 saturated heterocycles. The van der Waals surface area contributed by atoms with Gasteiger partial charge < -0.3 is 9.03 Å². The molecule has 0 unspecified atom stereocenters. The van der Waals surface area contributed by atoms with Gasteiger partial charge in [0.25, 0.3) is 0 Å². The van der Waals surface area contributed by atoms with Crippen molar-refractivity contribution in [2.45, 2.75) is 13.0 Å². The zero-order valence-corrected chi connectivity index (χ0v) is 9.77. The van der Waals surface area contributed by atoms with E-state index in [-0.39, 0.29) is 18.6 Å². The second kappa shape index (κ2) is 6.70. The van der Waals surface area contributed by atoms with Crippen LogP contribution in [-0.2, 0) is 25.2 Å². The van der Waals surface area contributed by atoms with Gasteiger partial charge in [0, 0.05) is 5.57 Å². The standard InChI is InChI=1S/C12H11ClO4/c1-9(7-11(14)17-13)12(15)16-8-10-5-3-2-4-6-10/h2-6H,1,7-8H2. The first kappa shape index (κ1) is 13.3. The number of rotatable bonds is 5. The zero-order chi connectivity index (χ0) is 12.7. The van der Waals surface area contributed by atoms with E-state index in [2.05, 4.69) is 10.9 Å². The minimum atomic E-state index is -0.742. The summed E-state index contributed by atoms with van der Waals surface area (Å²) in [5.41, 5.74) is 0.861. The van der Waals surface area contributed by atoms with E-state index in [1.165, 1.54) is 0 Å². The van der Waals surface area contributed by atoms with Crippen molar-refractivity contribution >= 4 is 23.8 Å². The van der Waals surface area contributed by atoms with Crippen LogP contribution in [0.15, 0.2) is 42.5 Å². The van der Waals surface area contributed by atoms with Gasteiger partial charge in [-0.2, -0.15) is 0 Å². The second-order valence-electron chi connectivity index (χ2n) is 3.29. The zero-order valence-electron chi connectivity index (χ0n) is 9.02. The largest absolute Gasteiger partial charge is 0.457 e. The van der Waals surface area contributed by atoms with E-state index >= 15 is 0 Å². The molecule has 0 amide bonds. The summed E-state index contributed by atoms with van der Waals surface area (Å²) in [6.07, 6.45) is -0.281. The van der Waals surface area contributed by atoms with Crippen molar-refractivity contribution in [1.82, 2.24) is 0 Å². The predicted molar refractivity (Wildman–Crippen MR) is 61.9 cm³/mol. The highest BCUT2D eigenvalue weighted by atomic mass is 35.5. The van der Waals surface area contributed by atoms with Crippen LogP contribution in [0.1, 0.15) is 12.0 Å². The molecule has 0 spiro atoms. The van der Waals surface area contributed by atoms with E-state index in [4.69, 9.17) is 16.6 Å². The maximum atomic E-state index is 11.4. The minimum absolute atomic E-state index is 0.00609. The van der Waals surface area contributed by atoms with Gasteiger partial charge in [0.15, 0.2) is 0 Å². The number of hydrogen-bond acceptors (Lipinski definition) is 4. The van der Waals surface area contributed by atoms with Gasteiger partial charge in [-0.25, -0.2) is 4.79 Å². The van der Waals surface area contributed by atoms with Gasteiger partial charge >= 0.3 is 11.9 Å². The smallest absolute Gasteiger partial charge is 0.334 e. The van der Waals surface area contributed by atoms with Crippen molar-refractivity contribution < 1.29 is 18.6 Å². The lowest BCUT2D eigenvalue weighted by atomic mass is 10.2. The van der Waals surface area contributed by atoms with Gasteiger partial charge in [-0.3, -0.25) is 4.79 Å². The van der Waals surface area contributed by atoms with Gasteiger partial charge in [-0.1, -0.05) is 36.9 Å². The molecule has 0 fully saturated rings. The Hall–Kier alpha value is -1.81. The van der Waals surface area contributed by atoms with Crippen LogP contribution in [0.4, 0.5) is 0 Å². The molecular formula is C12H11ClO4. The molecular weight excluding hydrogens is 244 g/mol. The van der Waals surface area contributed by atoms with E-state index in [1.807, 2.05) is 30.3 Å². The lowest BCUT2D eigenvalue weighted by Crippen LogP contribution is -2.11. The van der Waals surface area contributed by atoms with Crippen molar-refractivity contribution in [3.05, 3.63) is 48.0 Å². The van der Waals surface area contributed by atoms with Crippen LogP contribution in [-0.4, -0.2) is 11.9 Å². The fourth-order valence-corrected chi connectivity index (χ4v) is 1.15. The van der Waals surface area contributed by atoms with E-state index < -0.39 is 11.9 Å². The SMILES string of the molecule is C=C(CC(=O)OCl)C(=O)OCc1ccccc1. The quantitative estimate of drug-likeness (QED) is 0.598. The average molecular weight is 255 g/mol.